The Bertz CT molecular complexity index is 754. The lowest BCUT2D eigenvalue weighted by molar-refractivity contribution is -0.130. The molecule has 1 aliphatic carbocycles. The molecule has 0 bridgehead atoms. The average molecular weight is 336 g/mol. The van der Waals surface area contributed by atoms with Crippen molar-refractivity contribution in [1.82, 2.24) is 15.1 Å². The SMILES string of the molecule is CC(NC(=O)C1(C#N)CCCCC1)c1cnn(Cc2ccccc2)c1. The van der Waals surface area contributed by atoms with Crippen molar-refractivity contribution in [2.24, 2.45) is 5.41 Å². The van der Waals surface area contributed by atoms with Gasteiger partial charge in [0.2, 0.25) is 5.91 Å². The van der Waals surface area contributed by atoms with Gasteiger partial charge in [-0.05, 0) is 25.3 Å². The maximum Gasteiger partial charge on any atom is 0.240 e. The summed E-state index contributed by atoms with van der Waals surface area (Å²) in [5.41, 5.74) is 1.28. The normalized spacial score (nSPS) is 17.4. The molecule has 130 valence electrons. The van der Waals surface area contributed by atoms with Crippen molar-refractivity contribution in [1.29, 1.82) is 5.26 Å². The summed E-state index contributed by atoms with van der Waals surface area (Å²) in [6.07, 6.45) is 8.07. The molecular weight excluding hydrogens is 312 g/mol. The van der Waals surface area contributed by atoms with Gasteiger partial charge in [-0.2, -0.15) is 10.4 Å². The van der Waals surface area contributed by atoms with E-state index in [1.807, 2.05) is 36.0 Å². The molecule has 1 N–H and O–H groups in total. The Hall–Kier alpha value is -2.61. The smallest absolute Gasteiger partial charge is 0.240 e. The molecule has 1 aromatic carbocycles. The second-order valence-electron chi connectivity index (χ2n) is 6.91. The summed E-state index contributed by atoms with van der Waals surface area (Å²) in [4.78, 5) is 12.7. The monoisotopic (exact) mass is 336 g/mol. The first-order chi connectivity index (χ1) is 12.1. The molecule has 1 unspecified atom stereocenters. The van der Waals surface area contributed by atoms with E-state index in [1.54, 1.807) is 6.20 Å². The number of rotatable bonds is 5. The molecule has 3 rings (SSSR count). The summed E-state index contributed by atoms with van der Waals surface area (Å²) in [6.45, 7) is 2.64. The number of carbonyl (C=O) groups excluding carboxylic acids is 1. The van der Waals surface area contributed by atoms with Gasteiger partial charge < -0.3 is 5.32 Å². The van der Waals surface area contributed by atoms with E-state index in [0.29, 0.717) is 19.4 Å². The van der Waals surface area contributed by atoms with E-state index in [4.69, 9.17) is 0 Å². The fourth-order valence-electron chi connectivity index (χ4n) is 3.42. The van der Waals surface area contributed by atoms with E-state index in [-0.39, 0.29) is 11.9 Å². The van der Waals surface area contributed by atoms with Crippen molar-refractivity contribution in [3.8, 4) is 6.07 Å². The minimum Gasteiger partial charge on any atom is -0.348 e. The van der Waals surface area contributed by atoms with Crippen molar-refractivity contribution in [3.63, 3.8) is 0 Å². The van der Waals surface area contributed by atoms with E-state index in [2.05, 4.69) is 28.6 Å². The molecule has 1 amide bonds. The molecule has 1 atom stereocenters. The molecule has 1 saturated carbocycles. The fraction of sp³-hybridized carbons (Fsp3) is 0.450. The number of hydrogen-bond donors (Lipinski definition) is 1. The molecule has 5 nitrogen and oxygen atoms in total. The highest BCUT2D eigenvalue weighted by Gasteiger charge is 2.40. The molecule has 1 aliphatic rings. The Morgan fingerprint density at radius 1 is 1.32 bits per heavy atom. The number of nitrogens with one attached hydrogen (secondary N) is 1. The Morgan fingerprint density at radius 2 is 2.04 bits per heavy atom. The number of carbonyl (C=O) groups is 1. The van der Waals surface area contributed by atoms with Crippen molar-refractivity contribution in [2.45, 2.75) is 51.6 Å². The van der Waals surface area contributed by atoms with E-state index >= 15 is 0 Å². The first kappa shape index (κ1) is 17.2. The number of nitrogens with zero attached hydrogens (tertiary/aromatic N) is 3. The lowest BCUT2D eigenvalue weighted by atomic mass is 9.74. The van der Waals surface area contributed by atoms with Crippen LogP contribution in [0.2, 0.25) is 0 Å². The zero-order chi connectivity index (χ0) is 17.7. The summed E-state index contributed by atoms with van der Waals surface area (Å²) < 4.78 is 1.87. The maximum absolute atomic E-state index is 12.7. The van der Waals surface area contributed by atoms with Crippen LogP contribution in [-0.2, 0) is 11.3 Å². The van der Waals surface area contributed by atoms with Crippen molar-refractivity contribution in [2.75, 3.05) is 0 Å². The summed E-state index contributed by atoms with van der Waals surface area (Å²) in [7, 11) is 0. The third-order valence-electron chi connectivity index (χ3n) is 5.04. The molecule has 5 heteroatoms. The van der Waals surface area contributed by atoms with Gasteiger partial charge in [-0.15, -0.1) is 0 Å². The largest absolute Gasteiger partial charge is 0.348 e. The molecule has 0 spiro atoms. The summed E-state index contributed by atoms with van der Waals surface area (Å²) in [5, 5.41) is 16.9. The quantitative estimate of drug-likeness (QED) is 0.907. The highest BCUT2D eigenvalue weighted by atomic mass is 16.2. The minimum atomic E-state index is -0.855. The van der Waals surface area contributed by atoms with Gasteiger partial charge in [0.15, 0.2) is 0 Å². The van der Waals surface area contributed by atoms with Crippen LogP contribution in [0.1, 0.15) is 56.2 Å². The molecule has 1 heterocycles. The molecule has 2 aromatic rings. The predicted molar refractivity (Wildman–Crippen MR) is 95.5 cm³/mol. The Labute approximate surface area is 148 Å². The maximum atomic E-state index is 12.7. The van der Waals surface area contributed by atoms with Gasteiger partial charge in [0.05, 0.1) is 24.9 Å². The van der Waals surface area contributed by atoms with Crippen molar-refractivity contribution in [3.05, 3.63) is 53.9 Å². The molecule has 0 aliphatic heterocycles. The average Bonchev–Trinajstić information content (AvgIpc) is 3.11. The van der Waals surface area contributed by atoms with Crippen LogP contribution in [0.4, 0.5) is 0 Å². The third kappa shape index (κ3) is 3.90. The topological polar surface area (TPSA) is 70.7 Å². The lowest BCUT2D eigenvalue weighted by Crippen LogP contribution is -2.42. The molecule has 0 radical (unpaired) electrons. The van der Waals surface area contributed by atoms with Gasteiger partial charge in [0.25, 0.3) is 0 Å². The van der Waals surface area contributed by atoms with Gasteiger partial charge >= 0.3 is 0 Å². The van der Waals surface area contributed by atoms with Gasteiger partial charge in [-0.3, -0.25) is 9.48 Å². The van der Waals surface area contributed by atoms with E-state index in [0.717, 1.165) is 24.8 Å². The number of benzene rings is 1. The fourth-order valence-corrected chi connectivity index (χ4v) is 3.42. The summed E-state index contributed by atoms with van der Waals surface area (Å²) in [5.74, 6) is -0.141. The molecule has 1 aromatic heterocycles. The number of amides is 1. The van der Waals surface area contributed by atoms with Crippen LogP contribution in [0.25, 0.3) is 0 Å². The van der Waals surface area contributed by atoms with Crippen LogP contribution >= 0.6 is 0 Å². The highest BCUT2D eigenvalue weighted by molar-refractivity contribution is 5.85. The van der Waals surface area contributed by atoms with E-state index < -0.39 is 5.41 Å². The molecule has 1 fully saturated rings. The molecule has 0 saturated heterocycles. The lowest BCUT2D eigenvalue weighted by Gasteiger charge is -2.30. The van der Waals surface area contributed by atoms with Crippen LogP contribution < -0.4 is 5.32 Å². The van der Waals surface area contributed by atoms with Gasteiger partial charge in [0, 0.05) is 11.8 Å². The molecule has 25 heavy (non-hydrogen) atoms. The summed E-state index contributed by atoms with van der Waals surface area (Å²) in [6, 6.07) is 12.2. The Balaban J connectivity index is 1.64. The molecular formula is C20H24N4O. The van der Waals surface area contributed by atoms with Crippen LogP contribution in [0.15, 0.2) is 42.7 Å². The van der Waals surface area contributed by atoms with Gasteiger partial charge in [0.1, 0.15) is 5.41 Å². The zero-order valence-electron chi connectivity index (χ0n) is 14.6. The van der Waals surface area contributed by atoms with Gasteiger partial charge in [-0.1, -0.05) is 49.6 Å². The third-order valence-corrected chi connectivity index (χ3v) is 5.04. The van der Waals surface area contributed by atoms with Crippen LogP contribution in [0.5, 0.6) is 0 Å². The van der Waals surface area contributed by atoms with E-state index in [1.165, 1.54) is 5.56 Å². The second-order valence-corrected chi connectivity index (χ2v) is 6.91. The Morgan fingerprint density at radius 3 is 2.72 bits per heavy atom. The van der Waals surface area contributed by atoms with Gasteiger partial charge in [-0.25, -0.2) is 0 Å². The first-order valence-corrected chi connectivity index (χ1v) is 8.91. The standard InChI is InChI=1S/C20H24N4O/c1-16(23-19(25)20(15-21)10-6-3-7-11-20)18-12-22-24(14-18)13-17-8-4-2-5-9-17/h2,4-5,8-9,12,14,16H,3,6-7,10-11,13H2,1H3,(H,23,25). The van der Waals surface area contributed by atoms with Crippen molar-refractivity contribution < 1.29 is 4.79 Å². The van der Waals surface area contributed by atoms with Crippen LogP contribution in [0.3, 0.4) is 0 Å². The Kier molecular flexibility index (Phi) is 5.18. The minimum absolute atomic E-state index is 0.141. The predicted octanol–water partition coefficient (Wildman–Crippen LogP) is 3.58. The summed E-state index contributed by atoms with van der Waals surface area (Å²) >= 11 is 0. The second kappa shape index (κ2) is 7.52. The zero-order valence-corrected chi connectivity index (χ0v) is 14.6. The number of hydrogen-bond acceptors (Lipinski definition) is 3. The van der Waals surface area contributed by atoms with E-state index in [9.17, 15) is 10.1 Å². The first-order valence-electron chi connectivity index (χ1n) is 8.91. The highest BCUT2D eigenvalue weighted by Crippen LogP contribution is 2.36. The number of nitriles is 1. The van der Waals surface area contributed by atoms with Crippen LogP contribution in [-0.4, -0.2) is 15.7 Å². The van der Waals surface area contributed by atoms with Crippen molar-refractivity contribution >= 4 is 5.91 Å². The number of aromatic nitrogens is 2. The van der Waals surface area contributed by atoms with Crippen LogP contribution in [0, 0.1) is 16.7 Å².